The first-order valence-corrected chi connectivity index (χ1v) is 9.62. The fraction of sp³-hybridized carbons (Fsp3) is 0.409. The fourth-order valence-corrected chi connectivity index (χ4v) is 3.45. The Labute approximate surface area is 161 Å². The Bertz CT molecular complexity index is 710. The van der Waals surface area contributed by atoms with Crippen LogP contribution in [-0.4, -0.2) is 56.7 Å². The normalized spacial score (nSPS) is 16.0. The Balaban J connectivity index is 1.43. The van der Waals surface area contributed by atoms with Gasteiger partial charge in [-0.05, 0) is 43.2 Å². The smallest absolute Gasteiger partial charge is 0.237 e. The van der Waals surface area contributed by atoms with Crippen LogP contribution in [0, 0.1) is 0 Å². The van der Waals surface area contributed by atoms with Crippen LogP contribution in [0.15, 0.2) is 54.6 Å². The van der Waals surface area contributed by atoms with Crippen LogP contribution in [0.2, 0.25) is 0 Å². The minimum atomic E-state index is -0.0983. The lowest BCUT2D eigenvalue weighted by molar-refractivity contribution is -0.125. The van der Waals surface area contributed by atoms with Crippen molar-refractivity contribution in [1.29, 1.82) is 0 Å². The maximum Gasteiger partial charge on any atom is 0.237 e. The van der Waals surface area contributed by atoms with Gasteiger partial charge in [0, 0.05) is 38.4 Å². The first-order valence-electron chi connectivity index (χ1n) is 9.62. The number of benzene rings is 2. The van der Waals surface area contributed by atoms with Gasteiger partial charge in [-0.2, -0.15) is 0 Å². The Morgan fingerprint density at radius 3 is 2.33 bits per heavy atom. The summed E-state index contributed by atoms with van der Waals surface area (Å²) in [6.45, 7) is 6.31. The molecule has 0 saturated carbocycles. The summed E-state index contributed by atoms with van der Waals surface area (Å²) in [6, 6.07) is 18.3. The van der Waals surface area contributed by atoms with Gasteiger partial charge in [-0.15, -0.1) is 0 Å². The van der Waals surface area contributed by atoms with E-state index in [0.29, 0.717) is 6.54 Å². The quantitative estimate of drug-likeness (QED) is 0.817. The third-order valence-corrected chi connectivity index (χ3v) is 5.23. The van der Waals surface area contributed by atoms with Crippen molar-refractivity contribution in [2.45, 2.75) is 19.4 Å². The van der Waals surface area contributed by atoms with Gasteiger partial charge >= 0.3 is 0 Å². The van der Waals surface area contributed by atoms with Crippen molar-refractivity contribution in [3.63, 3.8) is 0 Å². The third kappa shape index (κ3) is 5.23. The lowest BCUT2D eigenvalue weighted by Gasteiger charge is -2.38. The number of anilines is 1. The number of carbonyl (C=O) groups is 1. The van der Waals surface area contributed by atoms with E-state index >= 15 is 0 Å². The lowest BCUT2D eigenvalue weighted by atomic mass is 10.1. The van der Waals surface area contributed by atoms with Crippen LogP contribution in [0.4, 0.5) is 5.69 Å². The average Bonchev–Trinajstić information content (AvgIpc) is 2.74. The molecule has 1 aliphatic rings. The molecule has 1 heterocycles. The monoisotopic (exact) mass is 367 g/mol. The van der Waals surface area contributed by atoms with E-state index in [2.05, 4.69) is 39.4 Å². The van der Waals surface area contributed by atoms with Crippen molar-refractivity contribution in [1.82, 2.24) is 10.2 Å². The van der Waals surface area contributed by atoms with E-state index in [1.54, 1.807) is 7.11 Å². The minimum absolute atomic E-state index is 0.0983. The van der Waals surface area contributed by atoms with Crippen molar-refractivity contribution in [3.8, 4) is 5.75 Å². The van der Waals surface area contributed by atoms with Crippen LogP contribution < -0.4 is 15.0 Å². The van der Waals surface area contributed by atoms with E-state index in [4.69, 9.17) is 4.74 Å². The summed E-state index contributed by atoms with van der Waals surface area (Å²) in [4.78, 5) is 17.1. The second kappa shape index (κ2) is 9.42. The number of nitrogens with one attached hydrogen (secondary N) is 1. The van der Waals surface area contributed by atoms with E-state index in [9.17, 15) is 4.79 Å². The number of rotatable bonds is 7. The first kappa shape index (κ1) is 19.2. The Morgan fingerprint density at radius 2 is 1.70 bits per heavy atom. The number of amides is 1. The molecule has 1 fully saturated rings. The summed E-state index contributed by atoms with van der Waals surface area (Å²) in [5.74, 6) is 0.988. The van der Waals surface area contributed by atoms with Crippen LogP contribution >= 0.6 is 0 Å². The largest absolute Gasteiger partial charge is 0.497 e. The number of ether oxygens (including phenoxy) is 1. The molecule has 0 radical (unpaired) electrons. The molecule has 0 spiro atoms. The van der Waals surface area contributed by atoms with E-state index in [1.807, 2.05) is 37.3 Å². The molecule has 1 saturated heterocycles. The highest BCUT2D eigenvalue weighted by Crippen LogP contribution is 2.21. The number of hydrogen-bond acceptors (Lipinski definition) is 4. The number of methoxy groups -OCH3 is 1. The Hall–Kier alpha value is -2.53. The highest BCUT2D eigenvalue weighted by molar-refractivity contribution is 5.81. The highest BCUT2D eigenvalue weighted by Gasteiger charge is 2.25. The highest BCUT2D eigenvalue weighted by atomic mass is 16.5. The summed E-state index contributed by atoms with van der Waals surface area (Å²) in [5, 5.41) is 3.08. The summed E-state index contributed by atoms with van der Waals surface area (Å²) in [7, 11) is 1.68. The van der Waals surface area contributed by atoms with E-state index in [-0.39, 0.29) is 11.9 Å². The zero-order valence-electron chi connectivity index (χ0n) is 16.2. The zero-order valence-corrected chi connectivity index (χ0v) is 16.2. The molecular formula is C22H29N3O2. The topological polar surface area (TPSA) is 44.8 Å². The van der Waals surface area contributed by atoms with Gasteiger partial charge in [0.2, 0.25) is 5.91 Å². The number of hydrogen-bond donors (Lipinski definition) is 1. The molecule has 0 unspecified atom stereocenters. The molecule has 5 heteroatoms. The molecular weight excluding hydrogens is 338 g/mol. The summed E-state index contributed by atoms with van der Waals surface area (Å²) in [5.41, 5.74) is 2.45. The minimum Gasteiger partial charge on any atom is -0.497 e. The maximum absolute atomic E-state index is 12.5. The summed E-state index contributed by atoms with van der Waals surface area (Å²) in [6.07, 6.45) is 0.866. The third-order valence-electron chi connectivity index (χ3n) is 5.23. The van der Waals surface area contributed by atoms with Gasteiger partial charge in [0.1, 0.15) is 5.75 Å². The molecule has 0 aliphatic carbocycles. The predicted octanol–water partition coefficient (Wildman–Crippen LogP) is 2.56. The summed E-state index contributed by atoms with van der Waals surface area (Å²) < 4.78 is 5.22. The second-order valence-electron chi connectivity index (χ2n) is 6.92. The van der Waals surface area contributed by atoms with Gasteiger partial charge in [0.05, 0.1) is 13.2 Å². The zero-order chi connectivity index (χ0) is 19.1. The van der Waals surface area contributed by atoms with Crippen molar-refractivity contribution in [2.24, 2.45) is 0 Å². The molecule has 1 N–H and O–H groups in total. The lowest BCUT2D eigenvalue weighted by Crippen LogP contribution is -2.54. The molecule has 0 bridgehead atoms. The molecule has 2 aromatic carbocycles. The molecule has 3 rings (SSSR count). The second-order valence-corrected chi connectivity index (χ2v) is 6.92. The SMILES string of the molecule is COc1ccc(N2CCN([C@@H](C)C(=O)NCCc3ccccc3)CC2)cc1. The van der Waals surface area contributed by atoms with E-state index < -0.39 is 0 Å². The van der Waals surface area contributed by atoms with Crippen LogP contribution in [0.5, 0.6) is 5.75 Å². The molecule has 5 nitrogen and oxygen atoms in total. The van der Waals surface area contributed by atoms with Gasteiger partial charge in [-0.3, -0.25) is 9.69 Å². The van der Waals surface area contributed by atoms with Crippen LogP contribution in [0.1, 0.15) is 12.5 Å². The number of carbonyl (C=O) groups excluding carboxylic acids is 1. The van der Waals surface area contributed by atoms with Crippen molar-refractivity contribution < 1.29 is 9.53 Å². The van der Waals surface area contributed by atoms with Crippen LogP contribution in [0.3, 0.4) is 0 Å². The number of nitrogens with zero attached hydrogens (tertiary/aromatic N) is 2. The van der Waals surface area contributed by atoms with Gasteiger partial charge in [0.25, 0.3) is 0 Å². The van der Waals surface area contributed by atoms with Gasteiger partial charge < -0.3 is 15.0 Å². The van der Waals surface area contributed by atoms with Crippen LogP contribution in [0.25, 0.3) is 0 Å². The first-order chi connectivity index (χ1) is 13.2. The van der Waals surface area contributed by atoms with Crippen molar-refractivity contribution >= 4 is 11.6 Å². The van der Waals surface area contributed by atoms with Crippen molar-refractivity contribution in [3.05, 3.63) is 60.2 Å². The van der Waals surface area contributed by atoms with E-state index in [0.717, 1.165) is 38.3 Å². The molecule has 144 valence electrons. The molecule has 1 aliphatic heterocycles. The predicted molar refractivity (Wildman–Crippen MR) is 109 cm³/mol. The standard InChI is InChI=1S/C22H29N3O2/c1-18(22(26)23-13-12-19-6-4-3-5-7-19)24-14-16-25(17-15-24)20-8-10-21(27-2)11-9-20/h3-11,18H,12-17H2,1-2H3,(H,23,26)/t18-/m0/s1. The van der Waals surface area contributed by atoms with Gasteiger partial charge in [-0.1, -0.05) is 30.3 Å². The maximum atomic E-state index is 12.5. The van der Waals surface area contributed by atoms with Gasteiger partial charge in [0.15, 0.2) is 0 Å². The Morgan fingerprint density at radius 1 is 1.04 bits per heavy atom. The molecule has 1 atom stereocenters. The molecule has 0 aromatic heterocycles. The Kier molecular flexibility index (Phi) is 6.71. The fourth-order valence-electron chi connectivity index (χ4n) is 3.45. The van der Waals surface area contributed by atoms with Gasteiger partial charge in [-0.25, -0.2) is 0 Å². The molecule has 1 amide bonds. The number of piperazine rings is 1. The average molecular weight is 367 g/mol. The van der Waals surface area contributed by atoms with Crippen molar-refractivity contribution in [2.75, 3.05) is 44.7 Å². The van der Waals surface area contributed by atoms with Crippen LogP contribution in [-0.2, 0) is 11.2 Å². The summed E-state index contributed by atoms with van der Waals surface area (Å²) >= 11 is 0. The van der Waals surface area contributed by atoms with E-state index in [1.165, 1.54) is 11.3 Å². The molecule has 27 heavy (non-hydrogen) atoms. The molecule has 2 aromatic rings.